The lowest BCUT2D eigenvalue weighted by atomic mass is 9.97. The van der Waals surface area contributed by atoms with Gasteiger partial charge < -0.3 is 4.74 Å². The molecule has 1 amide bonds. The quantitative estimate of drug-likeness (QED) is 0.228. The standard InChI is InChI=1S/C34H29N3O3/c1-3-28-22(2)33(27-15-9-10-16-29(27)35-28)34(39)40-21-32(38)37-31(24-12-5-4-6-13-24)20-30(36-37)26-18-17-23-11-7-8-14-25(23)19-26/h4-19,31H,3,20-21H2,1-2H3/t31-/m1/s1. The lowest BCUT2D eigenvalue weighted by Crippen LogP contribution is -2.31. The fourth-order valence-electron chi connectivity index (χ4n) is 5.45. The fourth-order valence-corrected chi connectivity index (χ4v) is 5.45. The second-order valence-corrected chi connectivity index (χ2v) is 9.98. The molecule has 6 heteroatoms. The average molecular weight is 528 g/mol. The van der Waals surface area contributed by atoms with E-state index in [1.54, 1.807) is 0 Å². The summed E-state index contributed by atoms with van der Waals surface area (Å²) in [6.45, 7) is 3.47. The molecule has 0 aliphatic carbocycles. The average Bonchev–Trinajstić information content (AvgIpc) is 3.45. The van der Waals surface area contributed by atoms with Gasteiger partial charge in [-0.3, -0.25) is 9.78 Å². The number of hydrazone groups is 1. The number of ether oxygens (including phenoxy) is 1. The van der Waals surface area contributed by atoms with Crippen LogP contribution >= 0.6 is 0 Å². The van der Waals surface area contributed by atoms with E-state index in [4.69, 9.17) is 14.8 Å². The van der Waals surface area contributed by atoms with Crippen molar-refractivity contribution in [1.82, 2.24) is 9.99 Å². The lowest BCUT2D eigenvalue weighted by molar-refractivity contribution is -0.136. The summed E-state index contributed by atoms with van der Waals surface area (Å²) < 4.78 is 5.65. The molecule has 1 aromatic heterocycles. The van der Waals surface area contributed by atoms with Gasteiger partial charge in [-0.25, -0.2) is 9.80 Å². The Labute approximate surface area is 232 Å². The Hall–Kier alpha value is -4.84. The highest BCUT2D eigenvalue weighted by molar-refractivity contribution is 6.07. The summed E-state index contributed by atoms with van der Waals surface area (Å²) in [5.41, 5.74) is 5.57. The number of benzene rings is 4. The maximum atomic E-state index is 13.6. The maximum Gasteiger partial charge on any atom is 0.339 e. The zero-order valence-electron chi connectivity index (χ0n) is 22.5. The van der Waals surface area contributed by atoms with Crippen LogP contribution in [-0.4, -0.2) is 34.2 Å². The first kappa shape index (κ1) is 25.4. The molecule has 4 aromatic carbocycles. The van der Waals surface area contributed by atoms with Crippen LogP contribution in [-0.2, 0) is 16.0 Å². The number of aryl methyl sites for hydroxylation is 1. The smallest absolute Gasteiger partial charge is 0.339 e. The zero-order valence-corrected chi connectivity index (χ0v) is 22.5. The summed E-state index contributed by atoms with van der Waals surface area (Å²) in [6.07, 6.45) is 1.25. The van der Waals surface area contributed by atoms with Crippen LogP contribution < -0.4 is 0 Å². The first-order valence-corrected chi connectivity index (χ1v) is 13.5. The third kappa shape index (κ3) is 4.73. The number of para-hydroxylation sites is 1. The van der Waals surface area contributed by atoms with Crippen LogP contribution in [0.3, 0.4) is 0 Å². The van der Waals surface area contributed by atoms with Gasteiger partial charge in [0.1, 0.15) is 0 Å². The van der Waals surface area contributed by atoms with E-state index < -0.39 is 12.6 Å². The van der Waals surface area contributed by atoms with Crippen LogP contribution in [0.1, 0.15) is 52.1 Å². The molecule has 0 saturated heterocycles. The van der Waals surface area contributed by atoms with Crippen molar-refractivity contribution in [2.24, 2.45) is 5.10 Å². The largest absolute Gasteiger partial charge is 0.452 e. The fraction of sp³-hybridized carbons (Fsp3) is 0.176. The first-order chi connectivity index (χ1) is 19.5. The van der Waals surface area contributed by atoms with Crippen molar-refractivity contribution >= 4 is 39.3 Å². The van der Waals surface area contributed by atoms with Crippen LogP contribution in [0.25, 0.3) is 21.7 Å². The lowest BCUT2D eigenvalue weighted by Gasteiger charge is -2.22. The van der Waals surface area contributed by atoms with Crippen molar-refractivity contribution < 1.29 is 14.3 Å². The molecule has 0 unspecified atom stereocenters. The topological polar surface area (TPSA) is 71.9 Å². The van der Waals surface area contributed by atoms with Crippen molar-refractivity contribution in [3.05, 3.63) is 125 Å². The maximum absolute atomic E-state index is 13.6. The number of carbonyl (C=O) groups is 2. The van der Waals surface area contributed by atoms with Crippen LogP contribution in [0.5, 0.6) is 0 Å². The molecule has 1 aliphatic rings. The summed E-state index contributed by atoms with van der Waals surface area (Å²) in [5.74, 6) is -0.905. The van der Waals surface area contributed by atoms with Gasteiger partial charge in [0.05, 0.1) is 22.8 Å². The molecule has 2 heterocycles. The number of hydrogen-bond donors (Lipinski definition) is 0. The number of hydrogen-bond acceptors (Lipinski definition) is 5. The molecule has 6 nitrogen and oxygen atoms in total. The number of esters is 1. The van der Waals surface area contributed by atoms with E-state index in [1.807, 2.05) is 86.6 Å². The highest BCUT2D eigenvalue weighted by atomic mass is 16.5. The molecule has 40 heavy (non-hydrogen) atoms. The van der Waals surface area contributed by atoms with E-state index in [0.29, 0.717) is 18.4 Å². The van der Waals surface area contributed by atoms with Crippen LogP contribution in [0.2, 0.25) is 0 Å². The Morgan fingerprint density at radius 3 is 2.42 bits per heavy atom. The molecule has 5 aromatic rings. The molecule has 198 valence electrons. The van der Waals surface area contributed by atoms with Gasteiger partial charge in [0.2, 0.25) is 0 Å². The van der Waals surface area contributed by atoms with E-state index in [9.17, 15) is 9.59 Å². The van der Waals surface area contributed by atoms with Crippen molar-refractivity contribution in [1.29, 1.82) is 0 Å². The van der Waals surface area contributed by atoms with E-state index in [1.165, 1.54) is 5.01 Å². The van der Waals surface area contributed by atoms with Crippen LogP contribution in [0, 0.1) is 6.92 Å². The summed E-state index contributed by atoms with van der Waals surface area (Å²) in [5, 5.41) is 9.22. The van der Waals surface area contributed by atoms with E-state index in [2.05, 4.69) is 24.3 Å². The summed E-state index contributed by atoms with van der Waals surface area (Å²) in [4.78, 5) is 31.6. The van der Waals surface area contributed by atoms with E-state index in [-0.39, 0.29) is 11.9 Å². The Kier molecular flexibility index (Phi) is 6.83. The molecule has 1 aliphatic heterocycles. The Bertz CT molecular complexity index is 1780. The molecule has 0 N–H and O–H groups in total. The number of amides is 1. The van der Waals surface area contributed by atoms with Crippen molar-refractivity contribution in [3.63, 3.8) is 0 Å². The molecule has 0 saturated carbocycles. The summed E-state index contributed by atoms with van der Waals surface area (Å²) in [7, 11) is 0. The second kappa shape index (κ2) is 10.7. The molecule has 1 atom stereocenters. The van der Waals surface area contributed by atoms with Gasteiger partial charge in [-0.15, -0.1) is 0 Å². The van der Waals surface area contributed by atoms with E-state index in [0.717, 1.165) is 49.8 Å². The highest BCUT2D eigenvalue weighted by Crippen LogP contribution is 2.33. The predicted molar refractivity (Wildman–Crippen MR) is 157 cm³/mol. The third-order valence-corrected chi connectivity index (χ3v) is 7.54. The van der Waals surface area contributed by atoms with Gasteiger partial charge in [-0.05, 0) is 52.9 Å². The predicted octanol–water partition coefficient (Wildman–Crippen LogP) is 6.79. The molecular weight excluding hydrogens is 498 g/mol. The molecule has 0 fully saturated rings. The number of fused-ring (bicyclic) bond motifs is 2. The van der Waals surface area contributed by atoms with Gasteiger partial charge >= 0.3 is 5.97 Å². The van der Waals surface area contributed by atoms with Crippen molar-refractivity contribution in [2.45, 2.75) is 32.7 Å². The van der Waals surface area contributed by atoms with Crippen molar-refractivity contribution in [2.75, 3.05) is 6.61 Å². The Balaban J connectivity index is 1.28. The molecule has 6 rings (SSSR count). The van der Waals surface area contributed by atoms with Crippen LogP contribution in [0.4, 0.5) is 0 Å². The van der Waals surface area contributed by atoms with E-state index >= 15 is 0 Å². The van der Waals surface area contributed by atoms with Gasteiger partial charge in [0.25, 0.3) is 5.91 Å². The first-order valence-electron chi connectivity index (χ1n) is 13.5. The minimum atomic E-state index is -0.534. The molecule has 0 radical (unpaired) electrons. The van der Waals surface area contributed by atoms with Gasteiger partial charge in [0, 0.05) is 17.5 Å². The van der Waals surface area contributed by atoms with Crippen LogP contribution in [0.15, 0.2) is 102 Å². The Morgan fingerprint density at radius 1 is 0.900 bits per heavy atom. The monoisotopic (exact) mass is 527 g/mol. The summed E-state index contributed by atoms with van der Waals surface area (Å²) in [6, 6.07) is 31.4. The second-order valence-electron chi connectivity index (χ2n) is 9.98. The number of nitrogens with zero attached hydrogens (tertiary/aromatic N) is 3. The molecule has 0 spiro atoms. The highest BCUT2D eigenvalue weighted by Gasteiger charge is 2.34. The van der Waals surface area contributed by atoms with Gasteiger partial charge in [-0.2, -0.15) is 5.10 Å². The third-order valence-electron chi connectivity index (χ3n) is 7.54. The molecular formula is C34H29N3O3. The number of aromatic nitrogens is 1. The number of pyridine rings is 1. The summed E-state index contributed by atoms with van der Waals surface area (Å²) >= 11 is 0. The van der Waals surface area contributed by atoms with Gasteiger partial charge in [0.15, 0.2) is 6.61 Å². The minimum absolute atomic E-state index is 0.288. The number of rotatable bonds is 6. The normalized spacial score (nSPS) is 14.9. The van der Waals surface area contributed by atoms with Gasteiger partial charge in [-0.1, -0.05) is 91.9 Å². The van der Waals surface area contributed by atoms with Crippen molar-refractivity contribution in [3.8, 4) is 0 Å². The Morgan fingerprint density at radius 2 is 1.62 bits per heavy atom. The zero-order chi connectivity index (χ0) is 27.6. The number of carbonyl (C=O) groups excluding carboxylic acids is 2. The SMILES string of the molecule is CCc1nc2ccccc2c(C(=O)OCC(=O)N2N=C(c3ccc4ccccc4c3)C[C@@H]2c2ccccc2)c1C. The minimum Gasteiger partial charge on any atom is -0.452 e. The molecule has 0 bridgehead atoms.